The first-order valence-electron chi connectivity index (χ1n) is 11.1. The molecule has 7 nitrogen and oxygen atoms in total. The minimum atomic E-state index is -0.213. The van der Waals surface area contributed by atoms with Gasteiger partial charge in [-0.2, -0.15) is 0 Å². The fourth-order valence-electron chi connectivity index (χ4n) is 4.56. The molecule has 0 bridgehead atoms. The Labute approximate surface area is 199 Å². The number of hydrogen-bond acceptors (Lipinski definition) is 5. The number of nitrogens with one attached hydrogen (secondary N) is 1. The van der Waals surface area contributed by atoms with Gasteiger partial charge in [0.25, 0.3) is 0 Å². The molecule has 0 aromatic carbocycles. The molecule has 2 atom stereocenters. The Morgan fingerprint density at radius 3 is 2.67 bits per heavy atom. The third kappa shape index (κ3) is 4.61. The Morgan fingerprint density at radius 1 is 1.15 bits per heavy atom. The van der Waals surface area contributed by atoms with Crippen LogP contribution in [0.25, 0.3) is 5.82 Å². The minimum Gasteiger partial charge on any atom is -0.469 e. The lowest BCUT2D eigenvalue weighted by Gasteiger charge is -2.28. The molecule has 1 N–H and O–H groups in total. The standard InChI is InChI=1S/C25H29N5O2S/c1-16-10-12-27-21(14-16)30-17(2)15-19(18(30)3)24-23(20-8-5-6-11-26-20)28-25(33)29(24)13-7-9-22(31)32-4/h5-6,8,10-12,14-15,23-24H,7,9,13H2,1-4H3,(H,28,33)/t23-,24-/m0/s1. The van der Waals surface area contributed by atoms with Crippen LogP contribution in [0.3, 0.4) is 0 Å². The van der Waals surface area contributed by atoms with Crippen LogP contribution < -0.4 is 5.32 Å². The molecule has 3 aromatic heterocycles. The van der Waals surface area contributed by atoms with Gasteiger partial charge in [-0.1, -0.05) is 6.07 Å². The van der Waals surface area contributed by atoms with Gasteiger partial charge >= 0.3 is 5.97 Å². The zero-order chi connectivity index (χ0) is 23.5. The Kier molecular flexibility index (Phi) is 6.74. The summed E-state index contributed by atoms with van der Waals surface area (Å²) in [5.74, 6) is 0.686. The van der Waals surface area contributed by atoms with Crippen LogP contribution in [0, 0.1) is 20.8 Å². The second kappa shape index (κ2) is 9.70. The molecule has 3 aromatic rings. The zero-order valence-electron chi connectivity index (χ0n) is 19.4. The first kappa shape index (κ1) is 22.9. The van der Waals surface area contributed by atoms with Crippen LogP contribution in [0.5, 0.6) is 0 Å². The number of aryl methyl sites for hydroxylation is 2. The van der Waals surface area contributed by atoms with Crippen molar-refractivity contribution in [3.8, 4) is 5.82 Å². The number of hydrogen-bond donors (Lipinski definition) is 1. The number of carbonyl (C=O) groups excluding carboxylic acids is 1. The SMILES string of the molecule is COC(=O)CCCN1C(=S)N[C@@H](c2ccccn2)[C@@H]1c1cc(C)n(-c2cc(C)ccn2)c1C. The predicted octanol–water partition coefficient (Wildman–Crippen LogP) is 4.12. The normalized spacial score (nSPS) is 17.8. The van der Waals surface area contributed by atoms with Crippen LogP contribution in [0.15, 0.2) is 48.8 Å². The molecule has 0 amide bonds. The quantitative estimate of drug-likeness (QED) is 0.417. The molecule has 4 rings (SSSR count). The zero-order valence-corrected chi connectivity index (χ0v) is 20.2. The first-order chi connectivity index (χ1) is 15.9. The van der Waals surface area contributed by atoms with Gasteiger partial charge in [0.2, 0.25) is 0 Å². The molecule has 0 saturated carbocycles. The molecule has 8 heteroatoms. The minimum absolute atomic E-state index is 0.0604. The maximum absolute atomic E-state index is 11.7. The summed E-state index contributed by atoms with van der Waals surface area (Å²) in [5, 5.41) is 4.15. The van der Waals surface area contributed by atoms with E-state index in [-0.39, 0.29) is 18.1 Å². The smallest absolute Gasteiger partial charge is 0.305 e. The molecule has 33 heavy (non-hydrogen) atoms. The summed E-state index contributed by atoms with van der Waals surface area (Å²) >= 11 is 5.75. The number of methoxy groups -OCH3 is 1. The van der Waals surface area contributed by atoms with Crippen molar-refractivity contribution in [1.82, 2.24) is 24.8 Å². The highest BCUT2D eigenvalue weighted by Crippen LogP contribution is 2.41. The Balaban J connectivity index is 1.75. The average Bonchev–Trinajstić information content (AvgIpc) is 3.29. The van der Waals surface area contributed by atoms with Crippen molar-refractivity contribution in [3.63, 3.8) is 0 Å². The van der Waals surface area contributed by atoms with Gasteiger partial charge in [0.15, 0.2) is 5.11 Å². The number of pyridine rings is 2. The first-order valence-corrected chi connectivity index (χ1v) is 11.5. The van der Waals surface area contributed by atoms with Gasteiger partial charge in [0.05, 0.1) is 24.9 Å². The van der Waals surface area contributed by atoms with E-state index in [4.69, 9.17) is 17.0 Å². The fourth-order valence-corrected chi connectivity index (χ4v) is 4.89. The Hall–Kier alpha value is -3.26. The predicted molar refractivity (Wildman–Crippen MR) is 131 cm³/mol. The molecule has 1 saturated heterocycles. The highest BCUT2D eigenvalue weighted by atomic mass is 32.1. The second-order valence-electron chi connectivity index (χ2n) is 8.35. The Morgan fingerprint density at radius 2 is 1.97 bits per heavy atom. The average molecular weight is 464 g/mol. The lowest BCUT2D eigenvalue weighted by molar-refractivity contribution is -0.140. The highest BCUT2D eigenvalue weighted by molar-refractivity contribution is 7.80. The molecule has 0 aliphatic carbocycles. The van der Waals surface area contributed by atoms with Crippen molar-refractivity contribution in [2.45, 2.75) is 45.7 Å². The number of carbonyl (C=O) groups is 1. The second-order valence-corrected chi connectivity index (χ2v) is 8.74. The third-order valence-electron chi connectivity index (χ3n) is 6.12. The molecule has 1 fully saturated rings. The number of ether oxygens (including phenoxy) is 1. The van der Waals surface area contributed by atoms with Crippen LogP contribution in [0.1, 0.15) is 53.1 Å². The van der Waals surface area contributed by atoms with Gasteiger partial charge in [-0.15, -0.1) is 0 Å². The van der Waals surface area contributed by atoms with Crippen molar-refractivity contribution in [1.29, 1.82) is 0 Å². The van der Waals surface area contributed by atoms with E-state index in [1.54, 1.807) is 6.20 Å². The summed E-state index contributed by atoms with van der Waals surface area (Å²) in [7, 11) is 1.42. The van der Waals surface area contributed by atoms with E-state index in [1.165, 1.54) is 7.11 Å². The van der Waals surface area contributed by atoms with Crippen molar-refractivity contribution in [3.05, 3.63) is 77.0 Å². The summed E-state index contributed by atoms with van der Waals surface area (Å²) in [6, 6.07) is 12.1. The fraction of sp³-hybridized carbons (Fsp3) is 0.360. The number of nitrogens with zero attached hydrogens (tertiary/aromatic N) is 4. The maximum atomic E-state index is 11.7. The van der Waals surface area contributed by atoms with Crippen LogP contribution in [-0.4, -0.2) is 44.2 Å². The summed E-state index contributed by atoms with van der Waals surface area (Å²) in [5.41, 5.74) is 5.47. The van der Waals surface area contributed by atoms with Gasteiger partial charge in [-0.05, 0) is 80.9 Å². The van der Waals surface area contributed by atoms with Crippen LogP contribution in [-0.2, 0) is 9.53 Å². The lowest BCUT2D eigenvalue weighted by Crippen LogP contribution is -2.31. The lowest BCUT2D eigenvalue weighted by atomic mass is 9.96. The molecule has 0 spiro atoms. The van der Waals surface area contributed by atoms with E-state index in [9.17, 15) is 4.79 Å². The van der Waals surface area contributed by atoms with E-state index >= 15 is 0 Å². The number of thiocarbonyl (C=S) groups is 1. The van der Waals surface area contributed by atoms with Gasteiger partial charge in [-0.3, -0.25) is 9.78 Å². The van der Waals surface area contributed by atoms with E-state index in [0.29, 0.717) is 24.5 Å². The van der Waals surface area contributed by atoms with Crippen molar-refractivity contribution >= 4 is 23.3 Å². The summed E-state index contributed by atoms with van der Waals surface area (Å²) in [6.45, 7) is 6.93. The van der Waals surface area contributed by atoms with E-state index in [0.717, 1.165) is 34.0 Å². The maximum Gasteiger partial charge on any atom is 0.305 e. The third-order valence-corrected chi connectivity index (χ3v) is 6.48. The Bertz CT molecular complexity index is 1160. The molecular formula is C25H29N5O2S. The molecule has 1 aliphatic rings. The summed E-state index contributed by atoms with van der Waals surface area (Å²) < 4.78 is 7.00. The molecule has 0 unspecified atom stereocenters. The summed E-state index contributed by atoms with van der Waals surface area (Å²) in [4.78, 5) is 23.1. The largest absolute Gasteiger partial charge is 0.469 e. The molecule has 172 valence electrons. The van der Waals surface area contributed by atoms with Gasteiger partial charge < -0.3 is 19.5 Å². The number of esters is 1. The number of aromatic nitrogens is 3. The van der Waals surface area contributed by atoms with Crippen molar-refractivity contribution < 1.29 is 9.53 Å². The number of rotatable bonds is 7. The molecular weight excluding hydrogens is 434 g/mol. The van der Waals surface area contributed by atoms with E-state index in [1.807, 2.05) is 30.5 Å². The van der Waals surface area contributed by atoms with Gasteiger partial charge in [0, 0.05) is 36.7 Å². The highest BCUT2D eigenvalue weighted by Gasteiger charge is 2.41. The van der Waals surface area contributed by atoms with Gasteiger partial charge in [0.1, 0.15) is 5.82 Å². The molecule has 4 heterocycles. The van der Waals surface area contributed by atoms with Gasteiger partial charge in [-0.25, -0.2) is 4.98 Å². The monoisotopic (exact) mass is 463 g/mol. The summed E-state index contributed by atoms with van der Waals surface area (Å²) in [6.07, 6.45) is 4.64. The van der Waals surface area contributed by atoms with Crippen LogP contribution in [0.4, 0.5) is 0 Å². The topological polar surface area (TPSA) is 72.3 Å². The van der Waals surface area contributed by atoms with E-state index in [2.05, 4.69) is 57.7 Å². The van der Waals surface area contributed by atoms with Crippen molar-refractivity contribution in [2.24, 2.45) is 0 Å². The van der Waals surface area contributed by atoms with E-state index < -0.39 is 0 Å². The van der Waals surface area contributed by atoms with Crippen LogP contribution >= 0.6 is 12.2 Å². The van der Waals surface area contributed by atoms with Crippen LogP contribution in [0.2, 0.25) is 0 Å². The van der Waals surface area contributed by atoms with Crippen molar-refractivity contribution in [2.75, 3.05) is 13.7 Å². The molecule has 1 aliphatic heterocycles. The molecule has 0 radical (unpaired) electrons.